The van der Waals surface area contributed by atoms with Gasteiger partial charge in [-0.3, -0.25) is 4.98 Å². The molecule has 0 radical (unpaired) electrons. The minimum atomic E-state index is -4.52. The van der Waals surface area contributed by atoms with E-state index < -0.39 is 11.9 Å². The molecule has 0 fully saturated rings. The van der Waals surface area contributed by atoms with Crippen molar-refractivity contribution >= 4 is 10.9 Å². The van der Waals surface area contributed by atoms with Crippen molar-refractivity contribution in [2.45, 2.75) is 19.1 Å². The Morgan fingerprint density at radius 2 is 1.79 bits per heavy atom. The zero-order chi connectivity index (χ0) is 19.9. The maximum Gasteiger partial charge on any atom is 0.433 e. The molecular weight excluding hydrogens is 367 g/mol. The molecule has 4 aromatic rings. The first-order valence-corrected chi connectivity index (χ1v) is 8.58. The molecular formula is C20H16F3N5. The van der Waals surface area contributed by atoms with Crippen molar-refractivity contribution in [3.63, 3.8) is 0 Å². The van der Waals surface area contributed by atoms with Gasteiger partial charge < -0.3 is 5.73 Å². The van der Waals surface area contributed by atoms with Crippen LogP contribution in [-0.2, 0) is 6.18 Å². The average Bonchev–Trinajstić information content (AvgIpc) is 3.10. The van der Waals surface area contributed by atoms with Gasteiger partial charge in [0.2, 0.25) is 0 Å². The summed E-state index contributed by atoms with van der Waals surface area (Å²) in [5.74, 6) is 0.0965. The van der Waals surface area contributed by atoms with E-state index in [9.17, 15) is 13.2 Å². The Morgan fingerprint density at radius 1 is 1.00 bits per heavy atom. The molecule has 142 valence electrons. The molecule has 0 unspecified atom stereocenters. The normalized spacial score (nSPS) is 13.0. The molecule has 1 aromatic carbocycles. The number of aromatic nitrogens is 4. The molecule has 0 amide bonds. The summed E-state index contributed by atoms with van der Waals surface area (Å²) in [6, 6.07) is 14.7. The van der Waals surface area contributed by atoms with Crippen molar-refractivity contribution in [3.05, 3.63) is 72.2 Å². The van der Waals surface area contributed by atoms with E-state index in [1.54, 1.807) is 6.20 Å². The lowest BCUT2D eigenvalue weighted by molar-refractivity contribution is -0.141. The third-order valence-electron chi connectivity index (χ3n) is 4.35. The number of hydrogen-bond acceptors (Lipinski definition) is 4. The van der Waals surface area contributed by atoms with Gasteiger partial charge in [-0.1, -0.05) is 24.3 Å². The van der Waals surface area contributed by atoms with Crippen LogP contribution in [-0.4, -0.2) is 19.7 Å². The molecule has 0 bridgehead atoms. The third kappa shape index (κ3) is 3.34. The number of nitrogens with zero attached hydrogens (tertiary/aromatic N) is 4. The molecule has 5 nitrogen and oxygen atoms in total. The minimum absolute atomic E-state index is 0.0965. The number of pyridine rings is 2. The Bertz CT molecular complexity index is 1150. The van der Waals surface area contributed by atoms with Crippen LogP contribution in [0.15, 0.2) is 60.8 Å². The second-order valence-electron chi connectivity index (χ2n) is 6.45. The SMILES string of the molecule is C[C@H](N)c1cccc(-c2ccc3cnn(-c4cccc(C(F)(F)F)n4)c3c2)n1. The van der Waals surface area contributed by atoms with Gasteiger partial charge in [0.1, 0.15) is 5.69 Å². The van der Waals surface area contributed by atoms with Crippen LogP contribution in [0.3, 0.4) is 0 Å². The molecule has 0 aliphatic rings. The van der Waals surface area contributed by atoms with Gasteiger partial charge in [-0.25, -0.2) is 9.67 Å². The number of benzene rings is 1. The van der Waals surface area contributed by atoms with Crippen LogP contribution in [0.5, 0.6) is 0 Å². The predicted octanol–water partition coefficient (Wildman–Crippen LogP) is 4.52. The summed E-state index contributed by atoms with van der Waals surface area (Å²) < 4.78 is 40.4. The van der Waals surface area contributed by atoms with Crippen molar-refractivity contribution < 1.29 is 13.2 Å². The van der Waals surface area contributed by atoms with Crippen LogP contribution in [0.4, 0.5) is 13.2 Å². The molecule has 0 aliphatic carbocycles. The number of rotatable bonds is 3. The summed E-state index contributed by atoms with van der Waals surface area (Å²) in [6.07, 6.45) is -2.93. The van der Waals surface area contributed by atoms with E-state index in [4.69, 9.17) is 5.73 Å². The maximum atomic E-state index is 13.0. The average molecular weight is 383 g/mol. The first-order chi connectivity index (χ1) is 13.3. The molecule has 1 atom stereocenters. The zero-order valence-corrected chi connectivity index (χ0v) is 14.9. The van der Waals surface area contributed by atoms with Crippen LogP contribution in [0, 0.1) is 0 Å². The van der Waals surface area contributed by atoms with Gasteiger partial charge in [0.05, 0.1) is 23.1 Å². The van der Waals surface area contributed by atoms with Crippen molar-refractivity contribution in [1.82, 2.24) is 19.7 Å². The fourth-order valence-electron chi connectivity index (χ4n) is 2.93. The number of nitrogens with two attached hydrogens (primary N) is 1. The summed E-state index contributed by atoms with van der Waals surface area (Å²) in [5.41, 5.74) is 7.87. The Labute approximate surface area is 158 Å². The van der Waals surface area contributed by atoms with Crippen LogP contribution < -0.4 is 5.73 Å². The van der Waals surface area contributed by atoms with E-state index in [-0.39, 0.29) is 11.9 Å². The lowest BCUT2D eigenvalue weighted by Gasteiger charge is -2.10. The maximum absolute atomic E-state index is 13.0. The Balaban J connectivity index is 1.83. The lowest BCUT2D eigenvalue weighted by Crippen LogP contribution is -2.10. The van der Waals surface area contributed by atoms with E-state index in [1.165, 1.54) is 16.8 Å². The van der Waals surface area contributed by atoms with Gasteiger partial charge in [0.15, 0.2) is 5.82 Å². The van der Waals surface area contributed by atoms with Gasteiger partial charge in [0, 0.05) is 17.0 Å². The fourth-order valence-corrected chi connectivity index (χ4v) is 2.93. The first kappa shape index (κ1) is 18.1. The van der Waals surface area contributed by atoms with E-state index in [2.05, 4.69) is 15.1 Å². The van der Waals surface area contributed by atoms with Gasteiger partial charge in [-0.15, -0.1) is 0 Å². The number of hydrogen-bond donors (Lipinski definition) is 1. The van der Waals surface area contributed by atoms with Crippen LogP contribution in [0.1, 0.15) is 24.4 Å². The summed E-state index contributed by atoms with van der Waals surface area (Å²) in [6.45, 7) is 1.85. The lowest BCUT2D eigenvalue weighted by atomic mass is 10.1. The Hall–Kier alpha value is -3.26. The quantitative estimate of drug-likeness (QED) is 0.565. The second-order valence-corrected chi connectivity index (χ2v) is 6.45. The molecule has 3 heterocycles. The summed E-state index contributed by atoms with van der Waals surface area (Å²) >= 11 is 0. The molecule has 8 heteroatoms. The topological polar surface area (TPSA) is 69.6 Å². The van der Waals surface area contributed by atoms with E-state index in [0.29, 0.717) is 5.52 Å². The van der Waals surface area contributed by atoms with Crippen molar-refractivity contribution in [1.29, 1.82) is 0 Å². The first-order valence-electron chi connectivity index (χ1n) is 8.58. The van der Waals surface area contributed by atoms with Gasteiger partial charge >= 0.3 is 6.18 Å². The molecule has 2 N–H and O–H groups in total. The van der Waals surface area contributed by atoms with E-state index >= 15 is 0 Å². The highest BCUT2D eigenvalue weighted by Crippen LogP contribution is 2.29. The third-order valence-corrected chi connectivity index (χ3v) is 4.35. The summed E-state index contributed by atoms with van der Waals surface area (Å²) in [5, 5.41) is 5.00. The molecule has 0 saturated heterocycles. The molecule has 0 saturated carbocycles. The fraction of sp³-hybridized carbons (Fsp3) is 0.150. The van der Waals surface area contributed by atoms with Crippen molar-refractivity contribution in [2.24, 2.45) is 5.73 Å². The molecule has 28 heavy (non-hydrogen) atoms. The number of halogens is 3. The predicted molar refractivity (Wildman–Crippen MR) is 99.7 cm³/mol. The van der Waals surface area contributed by atoms with E-state index in [0.717, 1.165) is 28.4 Å². The van der Waals surface area contributed by atoms with Gasteiger partial charge in [-0.05, 0) is 37.3 Å². The highest BCUT2D eigenvalue weighted by Gasteiger charge is 2.32. The smallest absolute Gasteiger partial charge is 0.323 e. The van der Waals surface area contributed by atoms with Crippen molar-refractivity contribution in [2.75, 3.05) is 0 Å². The highest BCUT2D eigenvalue weighted by atomic mass is 19.4. The minimum Gasteiger partial charge on any atom is -0.323 e. The molecule has 3 aromatic heterocycles. The molecule has 0 aliphatic heterocycles. The molecule has 0 spiro atoms. The standard InChI is InChI=1S/C20H16F3N5/c1-12(24)15-4-2-5-16(26-15)13-8-9-14-11-25-28(17(14)10-13)19-7-3-6-18(27-19)20(21,22)23/h2-12H,24H2,1H3/t12-/m0/s1. The van der Waals surface area contributed by atoms with Gasteiger partial charge in [0.25, 0.3) is 0 Å². The second kappa shape index (κ2) is 6.72. The Kier molecular flexibility index (Phi) is 4.35. The summed E-state index contributed by atoms with van der Waals surface area (Å²) in [4.78, 5) is 8.28. The van der Waals surface area contributed by atoms with Crippen LogP contribution >= 0.6 is 0 Å². The highest BCUT2D eigenvalue weighted by molar-refractivity contribution is 5.84. The Morgan fingerprint density at radius 3 is 2.54 bits per heavy atom. The molecule has 4 rings (SSSR count). The monoisotopic (exact) mass is 383 g/mol. The van der Waals surface area contributed by atoms with Gasteiger partial charge in [-0.2, -0.15) is 18.3 Å². The largest absolute Gasteiger partial charge is 0.433 e. The summed E-state index contributed by atoms with van der Waals surface area (Å²) in [7, 11) is 0. The number of alkyl halides is 3. The van der Waals surface area contributed by atoms with Crippen LogP contribution in [0.25, 0.3) is 28.0 Å². The van der Waals surface area contributed by atoms with Crippen molar-refractivity contribution in [3.8, 4) is 17.1 Å². The zero-order valence-electron chi connectivity index (χ0n) is 14.9. The van der Waals surface area contributed by atoms with Crippen LogP contribution in [0.2, 0.25) is 0 Å². The number of fused-ring (bicyclic) bond motifs is 1. The van der Waals surface area contributed by atoms with E-state index in [1.807, 2.05) is 43.3 Å².